The van der Waals surface area contributed by atoms with E-state index in [1.54, 1.807) is 12.4 Å². The fraction of sp³-hybridized carbons (Fsp3) is 0.615. The third-order valence-electron chi connectivity index (χ3n) is 3.09. The third-order valence-corrected chi connectivity index (χ3v) is 3.09. The molecule has 0 saturated heterocycles. The summed E-state index contributed by atoms with van der Waals surface area (Å²) in [5, 5.41) is 3.45. The largest absolute Gasteiger partial charge is 0.491 e. The average molecular weight is 220 g/mol. The van der Waals surface area contributed by atoms with Crippen LogP contribution in [0.3, 0.4) is 0 Å². The fourth-order valence-electron chi connectivity index (χ4n) is 2.19. The van der Waals surface area contributed by atoms with Gasteiger partial charge in [-0.25, -0.2) is 0 Å². The van der Waals surface area contributed by atoms with Gasteiger partial charge < -0.3 is 10.1 Å². The first kappa shape index (κ1) is 11.4. The maximum absolute atomic E-state index is 5.55. The van der Waals surface area contributed by atoms with E-state index >= 15 is 0 Å². The summed E-state index contributed by atoms with van der Waals surface area (Å²) in [5.74, 6) is 1.75. The van der Waals surface area contributed by atoms with Gasteiger partial charge in [0.1, 0.15) is 12.4 Å². The summed E-state index contributed by atoms with van der Waals surface area (Å²) in [5.41, 5.74) is 0. The monoisotopic (exact) mass is 220 g/mol. The number of hydrogen-bond donors (Lipinski definition) is 1. The van der Waals surface area contributed by atoms with E-state index in [-0.39, 0.29) is 0 Å². The van der Waals surface area contributed by atoms with E-state index in [0.717, 1.165) is 31.4 Å². The molecular weight excluding hydrogens is 200 g/mol. The van der Waals surface area contributed by atoms with Crippen LogP contribution < -0.4 is 10.1 Å². The number of ether oxygens (including phenoxy) is 1. The Balaban J connectivity index is 1.52. The second kappa shape index (κ2) is 6.48. The van der Waals surface area contributed by atoms with Gasteiger partial charge in [-0.3, -0.25) is 4.98 Å². The molecule has 1 aromatic rings. The Hall–Kier alpha value is -1.09. The lowest BCUT2D eigenvalue weighted by molar-refractivity contribution is 0.307. The Bertz CT molecular complexity index is 283. The summed E-state index contributed by atoms with van der Waals surface area (Å²) in [6.45, 7) is 2.79. The van der Waals surface area contributed by atoms with Crippen molar-refractivity contribution in [1.29, 1.82) is 0 Å². The first-order valence-corrected chi connectivity index (χ1v) is 6.19. The minimum atomic E-state index is 0.721. The molecule has 1 aliphatic rings. The van der Waals surface area contributed by atoms with Crippen LogP contribution in [-0.4, -0.2) is 24.7 Å². The van der Waals surface area contributed by atoms with Crippen LogP contribution in [0.15, 0.2) is 24.5 Å². The standard InChI is InChI=1S/C13H20N2O/c1-2-5-12(4-1)10-15-8-9-16-13-6-3-7-14-11-13/h3,6-7,11-12,15H,1-2,4-5,8-10H2. The Morgan fingerprint density at radius 1 is 1.38 bits per heavy atom. The minimum absolute atomic E-state index is 0.721. The van der Waals surface area contributed by atoms with Crippen molar-refractivity contribution in [1.82, 2.24) is 10.3 Å². The van der Waals surface area contributed by atoms with Gasteiger partial charge in [-0.1, -0.05) is 12.8 Å². The summed E-state index contributed by atoms with van der Waals surface area (Å²) in [6, 6.07) is 3.82. The zero-order valence-corrected chi connectivity index (χ0v) is 9.69. The average Bonchev–Trinajstić information content (AvgIpc) is 2.83. The minimum Gasteiger partial charge on any atom is -0.491 e. The highest BCUT2D eigenvalue weighted by Crippen LogP contribution is 2.23. The third kappa shape index (κ3) is 3.81. The van der Waals surface area contributed by atoms with Gasteiger partial charge >= 0.3 is 0 Å². The molecule has 0 radical (unpaired) electrons. The Kier molecular flexibility index (Phi) is 4.62. The first-order chi connectivity index (χ1) is 7.95. The molecule has 0 unspecified atom stereocenters. The van der Waals surface area contributed by atoms with Crippen LogP contribution in [0.1, 0.15) is 25.7 Å². The van der Waals surface area contributed by atoms with E-state index in [1.807, 2.05) is 12.1 Å². The van der Waals surface area contributed by atoms with E-state index < -0.39 is 0 Å². The molecule has 3 nitrogen and oxygen atoms in total. The topological polar surface area (TPSA) is 34.1 Å². The molecule has 0 atom stereocenters. The molecule has 1 heterocycles. The second-order valence-electron chi connectivity index (χ2n) is 4.39. The molecule has 0 amide bonds. The Morgan fingerprint density at radius 2 is 2.25 bits per heavy atom. The SMILES string of the molecule is c1cncc(OCCNCC2CCCC2)c1. The van der Waals surface area contributed by atoms with Crippen molar-refractivity contribution in [3.05, 3.63) is 24.5 Å². The molecule has 1 aliphatic carbocycles. The lowest BCUT2D eigenvalue weighted by Crippen LogP contribution is -2.26. The second-order valence-corrected chi connectivity index (χ2v) is 4.39. The van der Waals surface area contributed by atoms with Gasteiger partial charge in [0.15, 0.2) is 0 Å². The maximum atomic E-state index is 5.55. The zero-order chi connectivity index (χ0) is 11.1. The lowest BCUT2D eigenvalue weighted by atomic mass is 10.1. The molecule has 1 saturated carbocycles. The van der Waals surface area contributed by atoms with Crippen LogP contribution in [0.25, 0.3) is 0 Å². The Labute approximate surface area is 97.2 Å². The number of pyridine rings is 1. The van der Waals surface area contributed by atoms with E-state index in [1.165, 1.54) is 25.7 Å². The molecule has 0 aliphatic heterocycles. The van der Waals surface area contributed by atoms with Crippen molar-refractivity contribution in [2.24, 2.45) is 5.92 Å². The predicted molar refractivity (Wildman–Crippen MR) is 64.6 cm³/mol. The van der Waals surface area contributed by atoms with Gasteiger partial charge in [-0.05, 0) is 37.4 Å². The fourth-order valence-corrected chi connectivity index (χ4v) is 2.19. The number of aromatic nitrogens is 1. The number of nitrogens with zero attached hydrogens (tertiary/aromatic N) is 1. The van der Waals surface area contributed by atoms with Gasteiger partial charge in [-0.15, -0.1) is 0 Å². The van der Waals surface area contributed by atoms with Crippen molar-refractivity contribution < 1.29 is 4.74 Å². The predicted octanol–water partition coefficient (Wildman–Crippen LogP) is 2.24. The van der Waals surface area contributed by atoms with Crippen LogP contribution in [-0.2, 0) is 0 Å². The summed E-state index contributed by atoms with van der Waals surface area (Å²) in [4.78, 5) is 4.00. The number of hydrogen-bond acceptors (Lipinski definition) is 3. The molecule has 0 spiro atoms. The molecule has 1 fully saturated rings. The van der Waals surface area contributed by atoms with Crippen molar-refractivity contribution in [2.45, 2.75) is 25.7 Å². The molecular formula is C13H20N2O. The quantitative estimate of drug-likeness (QED) is 0.747. The first-order valence-electron chi connectivity index (χ1n) is 6.19. The normalized spacial score (nSPS) is 16.5. The highest BCUT2D eigenvalue weighted by Gasteiger charge is 2.13. The summed E-state index contributed by atoms with van der Waals surface area (Å²) in [6.07, 6.45) is 9.13. The highest BCUT2D eigenvalue weighted by molar-refractivity contribution is 5.15. The highest BCUT2D eigenvalue weighted by atomic mass is 16.5. The van der Waals surface area contributed by atoms with Gasteiger partial charge in [0.2, 0.25) is 0 Å². The lowest BCUT2D eigenvalue weighted by Gasteiger charge is -2.10. The smallest absolute Gasteiger partial charge is 0.137 e. The molecule has 1 N–H and O–H groups in total. The molecule has 0 aromatic carbocycles. The van der Waals surface area contributed by atoms with Crippen LogP contribution in [0.4, 0.5) is 0 Å². The van der Waals surface area contributed by atoms with E-state index in [4.69, 9.17) is 4.74 Å². The van der Waals surface area contributed by atoms with E-state index in [2.05, 4.69) is 10.3 Å². The van der Waals surface area contributed by atoms with Gasteiger partial charge in [0.25, 0.3) is 0 Å². The summed E-state index contributed by atoms with van der Waals surface area (Å²) < 4.78 is 5.55. The Morgan fingerprint density at radius 3 is 3.00 bits per heavy atom. The molecule has 1 aromatic heterocycles. The van der Waals surface area contributed by atoms with E-state index in [0.29, 0.717) is 0 Å². The molecule has 3 heteroatoms. The van der Waals surface area contributed by atoms with Crippen molar-refractivity contribution >= 4 is 0 Å². The van der Waals surface area contributed by atoms with Crippen molar-refractivity contribution in [3.63, 3.8) is 0 Å². The molecule has 88 valence electrons. The van der Waals surface area contributed by atoms with Crippen molar-refractivity contribution in [2.75, 3.05) is 19.7 Å². The summed E-state index contributed by atoms with van der Waals surface area (Å²) >= 11 is 0. The van der Waals surface area contributed by atoms with Gasteiger partial charge in [-0.2, -0.15) is 0 Å². The molecule has 2 rings (SSSR count). The van der Waals surface area contributed by atoms with E-state index in [9.17, 15) is 0 Å². The molecule has 0 bridgehead atoms. The van der Waals surface area contributed by atoms with Crippen LogP contribution in [0.5, 0.6) is 5.75 Å². The number of nitrogens with one attached hydrogen (secondary N) is 1. The van der Waals surface area contributed by atoms with Crippen LogP contribution in [0.2, 0.25) is 0 Å². The summed E-state index contributed by atoms with van der Waals surface area (Å²) in [7, 11) is 0. The van der Waals surface area contributed by atoms with Crippen LogP contribution >= 0.6 is 0 Å². The maximum Gasteiger partial charge on any atom is 0.137 e. The molecule has 16 heavy (non-hydrogen) atoms. The zero-order valence-electron chi connectivity index (χ0n) is 9.69. The van der Waals surface area contributed by atoms with Crippen LogP contribution in [0, 0.1) is 5.92 Å². The van der Waals surface area contributed by atoms with Gasteiger partial charge in [0.05, 0.1) is 6.20 Å². The van der Waals surface area contributed by atoms with Gasteiger partial charge in [0, 0.05) is 12.7 Å². The van der Waals surface area contributed by atoms with Crippen molar-refractivity contribution in [3.8, 4) is 5.75 Å². The number of rotatable bonds is 6.